The van der Waals surface area contributed by atoms with E-state index in [0.717, 1.165) is 25.0 Å². The SMILES string of the molecule is CCc1ccc(C(=O)N/N=C2/C[C@H]3C=CC[C@@H]23)cc1. The molecule has 0 aromatic heterocycles. The Labute approximate surface area is 113 Å². The summed E-state index contributed by atoms with van der Waals surface area (Å²) < 4.78 is 0. The fraction of sp³-hybridized carbons (Fsp3) is 0.375. The molecule has 3 rings (SSSR count). The first-order valence-electron chi connectivity index (χ1n) is 6.90. The summed E-state index contributed by atoms with van der Waals surface area (Å²) in [5.74, 6) is 1.09. The number of amides is 1. The molecule has 0 heterocycles. The van der Waals surface area contributed by atoms with Crippen molar-refractivity contribution in [2.24, 2.45) is 16.9 Å². The highest BCUT2D eigenvalue weighted by molar-refractivity contribution is 5.98. The van der Waals surface area contributed by atoms with Crippen molar-refractivity contribution in [3.05, 3.63) is 47.5 Å². The Balaban J connectivity index is 1.60. The van der Waals surface area contributed by atoms with Gasteiger partial charge in [-0.1, -0.05) is 31.2 Å². The molecule has 1 amide bonds. The molecule has 1 aromatic carbocycles. The van der Waals surface area contributed by atoms with Crippen molar-refractivity contribution in [1.29, 1.82) is 0 Å². The van der Waals surface area contributed by atoms with Crippen LogP contribution in [0.1, 0.15) is 35.7 Å². The Morgan fingerprint density at radius 2 is 2.16 bits per heavy atom. The average molecular weight is 254 g/mol. The largest absolute Gasteiger partial charge is 0.271 e. The van der Waals surface area contributed by atoms with Crippen molar-refractivity contribution >= 4 is 11.6 Å². The zero-order chi connectivity index (χ0) is 13.2. The minimum atomic E-state index is -0.121. The Morgan fingerprint density at radius 3 is 2.84 bits per heavy atom. The first-order chi connectivity index (χ1) is 9.28. The van der Waals surface area contributed by atoms with Gasteiger partial charge < -0.3 is 0 Å². The van der Waals surface area contributed by atoms with E-state index in [1.807, 2.05) is 24.3 Å². The number of carbonyl (C=O) groups is 1. The molecule has 1 fully saturated rings. The van der Waals surface area contributed by atoms with Gasteiger partial charge in [0.05, 0.1) is 0 Å². The lowest BCUT2D eigenvalue weighted by Crippen LogP contribution is -2.35. The quantitative estimate of drug-likeness (QED) is 0.654. The molecule has 3 heteroatoms. The number of aryl methyl sites for hydroxylation is 1. The van der Waals surface area contributed by atoms with E-state index in [1.54, 1.807) is 0 Å². The zero-order valence-corrected chi connectivity index (χ0v) is 11.1. The molecule has 98 valence electrons. The van der Waals surface area contributed by atoms with Crippen molar-refractivity contribution in [1.82, 2.24) is 5.43 Å². The van der Waals surface area contributed by atoms with Crippen LogP contribution in [0, 0.1) is 11.8 Å². The van der Waals surface area contributed by atoms with Crippen molar-refractivity contribution in [2.75, 3.05) is 0 Å². The third-order valence-electron chi connectivity index (χ3n) is 4.09. The number of benzene rings is 1. The fourth-order valence-corrected chi connectivity index (χ4v) is 2.74. The van der Waals surface area contributed by atoms with E-state index in [-0.39, 0.29) is 5.91 Å². The number of hydrazone groups is 1. The smallest absolute Gasteiger partial charge is 0.267 e. The summed E-state index contributed by atoms with van der Waals surface area (Å²) in [5, 5.41) is 4.27. The van der Waals surface area contributed by atoms with Gasteiger partial charge in [-0.05, 0) is 42.9 Å². The first kappa shape index (κ1) is 12.2. The van der Waals surface area contributed by atoms with E-state index in [0.29, 0.717) is 17.4 Å². The highest BCUT2D eigenvalue weighted by Gasteiger charge is 2.37. The molecule has 0 bridgehead atoms. The third kappa shape index (κ3) is 2.33. The summed E-state index contributed by atoms with van der Waals surface area (Å²) in [5.41, 5.74) is 5.71. The molecule has 0 radical (unpaired) electrons. The number of allylic oxidation sites excluding steroid dienone is 2. The molecular formula is C16H18N2O. The monoisotopic (exact) mass is 254 g/mol. The summed E-state index contributed by atoms with van der Waals surface area (Å²) in [6.45, 7) is 2.10. The number of carbonyl (C=O) groups excluding carboxylic acids is 1. The molecule has 0 aliphatic heterocycles. The van der Waals surface area contributed by atoms with Gasteiger partial charge in [0.15, 0.2) is 0 Å². The molecule has 2 atom stereocenters. The van der Waals surface area contributed by atoms with Crippen LogP contribution in [0.3, 0.4) is 0 Å². The summed E-state index contributed by atoms with van der Waals surface area (Å²) >= 11 is 0. The Kier molecular flexibility index (Phi) is 3.20. The van der Waals surface area contributed by atoms with Gasteiger partial charge in [-0.3, -0.25) is 4.79 Å². The second kappa shape index (κ2) is 5.00. The molecule has 1 N–H and O–H groups in total. The third-order valence-corrected chi connectivity index (χ3v) is 4.09. The van der Waals surface area contributed by atoms with Crippen LogP contribution < -0.4 is 5.43 Å². The number of hydrogen-bond donors (Lipinski definition) is 1. The Bertz CT molecular complexity index is 542. The maximum atomic E-state index is 11.9. The van der Waals surface area contributed by atoms with E-state index >= 15 is 0 Å². The lowest BCUT2D eigenvalue weighted by Gasteiger charge is -2.31. The Hall–Kier alpha value is -1.90. The van der Waals surface area contributed by atoms with E-state index in [2.05, 4.69) is 29.6 Å². The summed E-state index contributed by atoms with van der Waals surface area (Å²) in [4.78, 5) is 11.9. The van der Waals surface area contributed by atoms with Gasteiger partial charge in [0.2, 0.25) is 0 Å². The summed E-state index contributed by atoms with van der Waals surface area (Å²) in [7, 11) is 0. The molecule has 0 unspecified atom stereocenters. The first-order valence-corrected chi connectivity index (χ1v) is 6.90. The van der Waals surface area contributed by atoms with E-state index in [1.165, 1.54) is 5.56 Å². The molecule has 0 spiro atoms. The van der Waals surface area contributed by atoms with Crippen LogP contribution in [0.25, 0.3) is 0 Å². The summed E-state index contributed by atoms with van der Waals surface area (Å²) in [6.07, 6.45) is 7.53. The molecular weight excluding hydrogens is 236 g/mol. The van der Waals surface area contributed by atoms with Crippen LogP contribution in [0.4, 0.5) is 0 Å². The molecule has 2 aliphatic rings. The van der Waals surface area contributed by atoms with Gasteiger partial charge in [0.1, 0.15) is 0 Å². The summed E-state index contributed by atoms with van der Waals surface area (Å²) in [6, 6.07) is 7.69. The maximum absolute atomic E-state index is 11.9. The van der Waals surface area contributed by atoms with Crippen molar-refractivity contribution < 1.29 is 4.79 Å². The number of rotatable bonds is 3. The maximum Gasteiger partial charge on any atom is 0.271 e. The number of fused-ring (bicyclic) bond motifs is 1. The van der Waals surface area contributed by atoms with Crippen molar-refractivity contribution in [3.63, 3.8) is 0 Å². The molecule has 1 aromatic rings. The highest BCUT2D eigenvalue weighted by atomic mass is 16.2. The van der Waals surface area contributed by atoms with E-state index in [9.17, 15) is 4.79 Å². The van der Waals surface area contributed by atoms with Crippen molar-refractivity contribution in [2.45, 2.75) is 26.2 Å². The molecule has 1 saturated carbocycles. The van der Waals surface area contributed by atoms with Crippen LogP contribution in [0.15, 0.2) is 41.5 Å². The fourth-order valence-electron chi connectivity index (χ4n) is 2.74. The molecule has 19 heavy (non-hydrogen) atoms. The Morgan fingerprint density at radius 1 is 1.37 bits per heavy atom. The molecule has 2 aliphatic carbocycles. The van der Waals surface area contributed by atoms with E-state index in [4.69, 9.17) is 0 Å². The van der Waals surface area contributed by atoms with Crippen molar-refractivity contribution in [3.8, 4) is 0 Å². The molecule has 0 saturated heterocycles. The zero-order valence-electron chi connectivity index (χ0n) is 11.1. The molecule has 3 nitrogen and oxygen atoms in total. The van der Waals surface area contributed by atoms with Gasteiger partial charge in [-0.25, -0.2) is 5.43 Å². The van der Waals surface area contributed by atoms with E-state index < -0.39 is 0 Å². The predicted molar refractivity (Wildman–Crippen MR) is 76.1 cm³/mol. The minimum absolute atomic E-state index is 0.121. The predicted octanol–water partition coefficient (Wildman–Crippen LogP) is 2.93. The number of nitrogens with zero attached hydrogens (tertiary/aromatic N) is 1. The minimum Gasteiger partial charge on any atom is -0.267 e. The van der Waals surface area contributed by atoms with Gasteiger partial charge in [0.25, 0.3) is 5.91 Å². The lowest BCUT2D eigenvalue weighted by atomic mass is 9.74. The van der Waals surface area contributed by atoms with Gasteiger partial charge in [-0.2, -0.15) is 5.10 Å². The normalized spacial score (nSPS) is 26.1. The second-order valence-corrected chi connectivity index (χ2v) is 5.23. The number of nitrogens with one attached hydrogen (secondary N) is 1. The van der Waals surface area contributed by atoms with Crippen LogP contribution in [0.2, 0.25) is 0 Å². The topological polar surface area (TPSA) is 41.5 Å². The van der Waals surface area contributed by atoms with Gasteiger partial charge in [-0.15, -0.1) is 0 Å². The second-order valence-electron chi connectivity index (χ2n) is 5.23. The highest BCUT2D eigenvalue weighted by Crippen LogP contribution is 2.40. The van der Waals surface area contributed by atoms with Gasteiger partial charge >= 0.3 is 0 Å². The van der Waals surface area contributed by atoms with Crippen LogP contribution in [-0.2, 0) is 6.42 Å². The average Bonchev–Trinajstić information content (AvgIpc) is 2.80. The van der Waals surface area contributed by atoms with Crippen LogP contribution in [-0.4, -0.2) is 11.6 Å². The van der Waals surface area contributed by atoms with Crippen LogP contribution >= 0.6 is 0 Å². The van der Waals surface area contributed by atoms with Gasteiger partial charge in [0, 0.05) is 17.2 Å². The lowest BCUT2D eigenvalue weighted by molar-refractivity contribution is 0.0954. The number of hydrogen-bond acceptors (Lipinski definition) is 2. The van der Waals surface area contributed by atoms with Crippen LogP contribution in [0.5, 0.6) is 0 Å². The standard InChI is InChI=1S/C16H18N2O/c1-2-11-6-8-12(9-7-11)16(19)18-17-15-10-13-4-3-5-14(13)15/h3-4,6-9,13-14H,2,5,10H2,1H3,(H,18,19)/b17-15-/t13-,14-/m1/s1.